The van der Waals surface area contributed by atoms with Crippen LogP contribution in [0.15, 0.2) is 109 Å². The van der Waals surface area contributed by atoms with Crippen molar-refractivity contribution in [3.8, 4) is 33.8 Å². The number of aromatic nitrogens is 6. The highest BCUT2D eigenvalue weighted by molar-refractivity contribution is 6.23. The zero-order chi connectivity index (χ0) is 44.2. The van der Waals surface area contributed by atoms with Gasteiger partial charge in [0.25, 0.3) is 5.91 Å². The average Bonchev–Trinajstić information content (AvgIpc) is 4.01. The Bertz CT molecular complexity index is 2730. The van der Waals surface area contributed by atoms with E-state index in [4.69, 9.17) is 4.74 Å². The number of amides is 7. The normalized spacial score (nSPS) is 15.2. The van der Waals surface area contributed by atoms with Crippen molar-refractivity contribution in [1.82, 2.24) is 45.5 Å². The standard InChI is InChI=1S/C46H46N12O6/c1-54-42-36-16-7-8-17-38(36)57(29-32-10-5-6-15-35(32)41(42)51-52-54)40(60)19-18-39(59)47-22-26-64-27-25-56-30-37(50-53-56)31-11-9-12-33(28-31)48-44(62)55-23-20-46(21-24-55)43(61)58(45(63)49-46)34-13-3-2-4-14-34/h2-17,28,30H,18-27,29H2,1H3,(H,47,59)(H,48,62)(H,49,63). The molecular formula is C46H46N12O6. The molecule has 9 rings (SSSR count). The first-order valence-corrected chi connectivity index (χ1v) is 21.2. The highest BCUT2D eigenvalue weighted by Gasteiger charge is 2.53. The summed E-state index contributed by atoms with van der Waals surface area (Å²) >= 11 is 0. The minimum Gasteiger partial charge on any atom is -0.378 e. The lowest BCUT2D eigenvalue weighted by molar-refractivity contribution is -0.125. The van der Waals surface area contributed by atoms with Gasteiger partial charge in [-0.25, -0.2) is 23.9 Å². The Hall–Kier alpha value is -7.73. The number of benzene rings is 4. The minimum atomic E-state index is -1.04. The number of fused-ring (bicyclic) bond motifs is 5. The van der Waals surface area contributed by atoms with E-state index in [0.717, 1.165) is 39.3 Å². The molecule has 2 aromatic heterocycles. The van der Waals surface area contributed by atoms with Crippen LogP contribution >= 0.6 is 0 Å². The summed E-state index contributed by atoms with van der Waals surface area (Å²) in [5.74, 6) is -0.713. The second-order valence-corrected chi connectivity index (χ2v) is 15.9. The van der Waals surface area contributed by atoms with Gasteiger partial charge in [0.2, 0.25) is 11.8 Å². The van der Waals surface area contributed by atoms with Gasteiger partial charge in [0.05, 0.1) is 49.6 Å². The number of hydrogen-bond acceptors (Lipinski definition) is 10. The molecule has 4 aromatic carbocycles. The molecule has 64 heavy (non-hydrogen) atoms. The third-order valence-electron chi connectivity index (χ3n) is 11.8. The lowest BCUT2D eigenvalue weighted by Crippen LogP contribution is -2.56. The molecular weight excluding hydrogens is 817 g/mol. The van der Waals surface area contributed by atoms with Gasteiger partial charge >= 0.3 is 12.1 Å². The van der Waals surface area contributed by atoms with Crippen LogP contribution in [0.25, 0.3) is 33.8 Å². The number of anilines is 3. The molecule has 0 unspecified atom stereocenters. The van der Waals surface area contributed by atoms with Crippen molar-refractivity contribution in [3.63, 3.8) is 0 Å². The van der Waals surface area contributed by atoms with E-state index in [1.165, 1.54) is 4.90 Å². The molecule has 326 valence electrons. The molecule has 1 spiro atoms. The summed E-state index contributed by atoms with van der Waals surface area (Å²) in [6, 6.07) is 30.9. The largest absolute Gasteiger partial charge is 0.378 e. The van der Waals surface area contributed by atoms with Gasteiger partial charge in [-0.3, -0.25) is 14.4 Å². The van der Waals surface area contributed by atoms with Gasteiger partial charge in [-0.15, -0.1) is 10.2 Å². The molecule has 0 aliphatic carbocycles. The van der Waals surface area contributed by atoms with E-state index >= 15 is 0 Å². The maximum atomic E-state index is 13.8. The molecule has 18 nitrogen and oxygen atoms in total. The number of ether oxygens (including phenoxy) is 1. The highest BCUT2D eigenvalue weighted by atomic mass is 16.5. The number of rotatable bonds is 12. The Morgan fingerprint density at radius 2 is 1.59 bits per heavy atom. The van der Waals surface area contributed by atoms with E-state index in [9.17, 15) is 24.0 Å². The molecule has 0 atom stereocenters. The monoisotopic (exact) mass is 862 g/mol. The van der Waals surface area contributed by atoms with Crippen LogP contribution in [0.5, 0.6) is 0 Å². The third kappa shape index (κ3) is 8.42. The zero-order valence-corrected chi connectivity index (χ0v) is 35.1. The van der Waals surface area contributed by atoms with Crippen molar-refractivity contribution < 1.29 is 28.7 Å². The van der Waals surface area contributed by atoms with Crippen molar-refractivity contribution in [2.75, 3.05) is 48.0 Å². The summed E-state index contributed by atoms with van der Waals surface area (Å²) in [5.41, 5.74) is 6.43. The van der Waals surface area contributed by atoms with E-state index in [0.29, 0.717) is 62.7 Å². The van der Waals surface area contributed by atoms with Crippen molar-refractivity contribution >= 4 is 46.8 Å². The van der Waals surface area contributed by atoms with Crippen LogP contribution in [0.3, 0.4) is 0 Å². The Labute approximate surface area is 368 Å². The summed E-state index contributed by atoms with van der Waals surface area (Å²) < 4.78 is 9.14. The minimum absolute atomic E-state index is 0.0285. The summed E-state index contributed by atoms with van der Waals surface area (Å²) in [7, 11) is 1.84. The van der Waals surface area contributed by atoms with Gasteiger partial charge in [0, 0.05) is 61.9 Å². The van der Waals surface area contributed by atoms with E-state index in [-0.39, 0.29) is 49.7 Å². The Kier molecular flexibility index (Phi) is 11.7. The van der Waals surface area contributed by atoms with Crippen LogP contribution in [-0.4, -0.2) is 103 Å². The van der Waals surface area contributed by atoms with Gasteiger partial charge in [0.1, 0.15) is 16.9 Å². The fourth-order valence-electron chi connectivity index (χ4n) is 8.44. The summed E-state index contributed by atoms with van der Waals surface area (Å²) in [5, 5.41) is 25.9. The number of para-hydroxylation sites is 2. The maximum Gasteiger partial charge on any atom is 0.329 e. The number of aryl methyl sites for hydroxylation is 1. The van der Waals surface area contributed by atoms with Gasteiger partial charge in [0.15, 0.2) is 0 Å². The molecule has 5 heterocycles. The molecule has 0 radical (unpaired) electrons. The van der Waals surface area contributed by atoms with Crippen LogP contribution in [0, 0.1) is 0 Å². The first-order chi connectivity index (χ1) is 31.2. The Balaban J connectivity index is 0.705. The van der Waals surface area contributed by atoms with Crippen LogP contribution in [0.1, 0.15) is 31.2 Å². The lowest BCUT2D eigenvalue weighted by Gasteiger charge is -2.37. The number of piperidine rings is 1. The van der Waals surface area contributed by atoms with Crippen LogP contribution < -0.4 is 25.8 Å². The molecule has 6 aromatic rings. The number of likely N-dealkylation sites (tertiary alicyclic amines) is 1. The maximum absolute atomic E-state index is 13.8. The Morgan fingerprint density at radius 1 is 0.828 bits per heavy atom. The zero-order valence-electron chi connectivity index (χ0n) is 35.1. The molecule has 3 aliphatic heterocycles. The van der Waals surface area contributed by atoms with E-state index in [2.05, 4.69) is 36.6 Å². The topological polar surface area (TPSA) is 202 Å². The van der Waals surface area contributed by atoms with E-state index in [1.54, 1.807) is 55.7 Å². The number of hydrogen-bond donors (Lipinski definition) is 3. The van der Waals surface area contributed by atoms with Crippen molar-refractivity contribution in [2.45, 2.75) is 44.3 Å². The number of urea groups is 2. The second kappa shape index (κ2) is 17.9. The fourth-order valence-corrected chi connectivity index (χ4v) is 8.44. The molecule has 0 saturated carbocycles. The van der Waals surface area contributed by atoms with Gasteiger partial charge in [-0.05, 0) is 48.7 Å². The smallest absolute Gasteiger partial charge is 0.329 e. The van der Waals surface area contributed by atoms with E-state index in [1.807, 2.05) is 79.8 Å². The van der Waals surface area contributed by atoms with E-state index < -0.39 is 11.6 Å². The highest BCUT2D eigenvalue weighted by Crippen LogP contribution is 2.41. The first kappa shape index (κ1) is 41.6. The van der Waals surface area contributed by atoms with Crippen molar-refractivity contribution in [3.05, 3.63) is 115 Å². The number of carbonyl (C=O) groups is 5. The van der Waals surface area contributed by atoms with Crippen molar-refractivity contribution in [2.24, 2.45) is 7.05 Å². The summed E-state index contributed by atoms with van der Waals surface area (Å²) in [4.78, 5) is 70.6. The SMILES string of the molecule is Cn1nnc2c1-c1ccccc1N(C(=O)CCC(=O)NCCOCCn1cc(-c3cccc(NC(=O)N4CCC5(CC4)NC(=O)N(c4ccccc4)C5=O)c3)nn1)Cc1ccccc1-2. The molecule has 3 N–H and O–H groups in total. The van der Waals surface area contributed by atoms with Crippen LogP contribution in [0.2, 0.25) is 0 Å². The predicted octanol–water partition coefficient (Wildman–Crippen LogP) is 4.99. The molecule has 2 saturated heterocycles. The number of nitrogens with one attached hydrogen (secondary N) is 3. The van der Waals surface area contributed by atoms with Gasteiger partial charge in [-0.2, -0.15) is 0 Å². The fraction of sp³-hybridized carbons (Fsp3) is 0.283. The number of imide groups is 1. The Morgan fingerprint density at radius 3 is 2.42 bits per heavy atom. The molecule has 18 heteroatoms. The molecule has 7 amide bonds. The summed E-state index contributed by atoms with van der Waals surface area (Å²) in [6.45, 7) is 2.23. The predicted molar refractivity (Wildman–Crippen MR) is 237 cm³/mol. The number of nitrogens with zero attached hydrogens (tertiary/aromatic N) is 9. The second-order valence-electron chi connectivity index (χ2n) is 15.9. The van der Waals surface area contributed by atoms with Gasteiger partial charge in [-0.1, -0.05) is 83.2 Å². The lowest BCUT2D eigenvalue weighted by atomic mass is 9.87. The quantitative estimate of drug-likeness (QED) is 0.111. The molecule has 2 fully saturated rings. The van der Waals surface area contributed by atoms with Crippen LogP contribution in [-0.2, 0) is 39.3 Å². The van der Waals surface area contributed by atoms with Gasteiger partial charge < -0.3 is 30.5 Å². The third-order valence-corrected chi connectivity index (χ3v) is 11.8. The summed E-state index contributed by atoms with van der Waals surface area (Å²) in [6.07, 6.45) is 2.45. The van der Waals surface area contributed by atoms with Crippen LogP contribution in [0.4, 0.5) is 26.7 Å². The number of carbonyl (C=O) groups excluding carboxylic acids is 5. The first-order valence-electron chi connectivity index (χ1n) is 21.2. The molecule has 0 bridgehead atoms. The molecule has 3 aliphatic rings. The van der Waals surface area contributed by atoms with Crippen molar-refractivity contribution in [1.29, 1.82) is 0 Å². The average molecular weight is 863 g/mol.